The van der Waals surface area contributed by atoms with Gasteiger partial charge >= 0.3 is 5.97 Å². The maximum Gasteiger partial charge on any atom is 0.338 e. The lowest BCUT2D eigenvalue weighted by Gasteiger charge is -2.13. The number of Topliss-reactive ketones (excluding diaryl/α,β-unsaturated/α-hetero) is 1. The Balaban J connectivity index is 2.05. The van der Waals surface area contributed by atoms with E-state index in [2.05, 4.69) is 4.72 Å². The van der Waals surface area contributed by atoms with Gasteiger partial charge in [0.2, 0.25) is 15.8 Å². The van der Waals surface area contributed by atoms with Crippen molar-refractivity contribution in [1.29, 1.82) is 0 Å². The van der Waals surface area contributed by atoms with E-state index in [-0.39, 0.29) is 5.56 Å². The Morgan fingerprint density at radius 3 is 2.27 bits per heavy atom. The molecule has 0 bridgehead atoms. The molecule has 26 heavy (non-hydrogen) atoms. The number of ether oxygens (including phenoxy) is 2. The van der Waals surface area contributed by atoms with Gasteiger partial charge in [-0.3, -0.25) is 9.52 Å². The molecule has 138 valence electrons. The van der Waals surface area contributed by atoms with Crippen molar-refractivity contribution < 1.29 is 27.5 Å². The molecule has 0 fully saturated rings. The minimum atomic E-state index is -3.39. The van der Waals surface area contributed by atoms with E-state index in [1.54, 1.807) is 18.2 Å². The maximum absolute atomic E-state index is 12.4. The number of sulfonamides is 1. The van der Waals surface area contributed by atoms with Crippen LogP contribution in [0.2, 0.25) is 0 Å². The molecule has 0 saturated heterocycles. The Kier molecular flexibility index (Phi) is 5.99. The molecular weight excluding hydrogens is 358 g/mol. The van der Waals surface area contributed by atoms with Crippen molar-refractivity contribution in [2.45, 2.75) is 13.0 Å². The largest absolute Gasteiger partial charge is 0.497 e. The molecule has 0 aliphatic carbocycles. The number of anilines is 1. The van der Waals surface area contributed by atoms with Crippen molar-refractivity contribution in [3.63, 3.8) is 0 Å². The Hall–Kier alpha value is -2.87. The summed E-state index contributed by atoms with van der Waals surface area (Å²) in [5, 5.41) is 0. The van der Waals surface area contributed by atoms with E-state index in [0.717, 1.165) is 6.26 Å². The van der Waals surface area contributed by atoms with E-state index >= 15 is 0 Å². The third-order valence-corrected chi connectivity index (χ3v) is 4.04. The summed E-state index contributed by atoms with van der Waals surface area (Å²) in [5.74, 6) is -0.528. The highest BCUT2D eigenvalue weighted by atomic mass is 32.2. The third-order valence-electron chi connectivity index (χ3n) is 3.43. The molecular formula is C18H19NO6S. The predicted molar refractivity (Wildman–Crippen MR) is 97.1 cm³/mol. The Labute approximate surface area is 152 Å². The number of rotatable bonds is 7. The molecule has 8 heteroatoms. The standard InChI is InChI=1S/C18H19NO6S/c1-12(25-18(21)14-5-4-6-16(11-14)24-2)17(20)13-7-9-15(10-8-13)19-26(3,22)23/h4-12,19H,1-3H3/t12-/m0/s1. The molecule has 2 rings (SSSR count). The summed E-state index contributed by atoms with van der Waals surface area (Å²) in [6, 6.07) is 12.3. The van der Waals surface area contributed by atoms with Crippen LogP contribution < -0.4 is 9.46 Å². The van der Waals surface area contributed by atoms with Crippen LogP contribution in [-0.4, -0.2) is 39.6 Å². The van der Waals surface area contributed by atoms with Crippen LogP contribution in [-0.2, 0) is 14.8 Å². The van der Waals surface area contributed by atoms with Gasteiger partial charge in [-0.15, -0.1) is 0 Å². The molecule has 2 aromatic carbocycles. The van der Waals surface area contributed by atoms with Crippen LogP contribution in [0.4, 0.5) is 5.69 Å². The highest BCUT2D eigenvalue weighted by molar-refractivity contribution is 7.92. The van der Waals surface area contributed by atoms with Gasteiger partial charge in [-0.25, -0.2) is 13.2 Å². The fourth-order valence-corrected chi connectivity index (χ4v) is 2.75. The van der Waals surface area contributed by atoms with Gasteiger partial charge < -0.3 is 9.47 Å². The van der Waals surface area contributed by atoms with Gasteiger partial charge in [0.05, 0.1) is 18.9 Å². The minimum Gasteiger partial charge on any atom is -0.497 e. The molecule has 0 unspecified atom stereocenters. The lowest BCUT2D eigenvalue weighted by Crippen LogP contribution is -2.24. The van der Waals surface area contributed by atoms with Gasteiger partial charge in [-0.05, 0) is 49.4 Å². The van der Waals surface area contributed by atoms with E-state index in [1.807, 2.05) is 0 Å². The molecule has 1 N–H and O–H groups in total. The molecule has 0 heterocycles. The first-order valence-electron chi connectivity index (χ1n) is 7.66. The van der Waals surface area contributed by atoms with Crippen molar-refractivity contribution in [2.75, 3.05) is 18.1 Å². The summed E-state index contributed by atoms with van der Waals surface area (Å²) in [4.78, 5) is 24.6. The monoisotopic (exact) mass is 377 g/mol. The summed E-state index contributed by atoms with van der Waals surface area (Å²) in [6.07, 6.45) is 0.0361. The van der Waals surface area contributed by atoms with E-state index < -0.39 is 27.9 Å². The quantitative estimate of drug-likeness (QED) is 0.588. The van der Waals surface area contributed by atoms with Crippen molar-refractivity contribution in [2.24, 2.45) is 0 Å². The topological polar surface area (TPSA) is 98.8 Å². The van der Waals surface area contributed by atoms with Crippen LogP contribution >= 0.6 is 0 Å². The van der Waals surface area contributed by atoms with Gasteiger partial charge in [0.1, 0.15) is 5.75 Å². The van der Waals surface area contributed by atoms with Gasteiger partial charge in [-0.1, -0.05) is 6.07 Å². The van der Waals surface area contributed by atoms with Crippen LogP contribution in [0.3, 0.4) is 0 Å². The number of ketones is 1. The van der Waals surface area contributed by atoms with E-state index in [4.69, 9.17) is 9.47 Å². The molecule has 2 aromatic rings. The highest BCUT2D eigenvalue weighted by Gasteiger charge is 2.20. The average Bonchev–Trinajstić information content (AvgIpc) is 2.60. The van der Waals surface area contributed by atoms with Crippen LogP contribution in [0.5, 0.6) is 5.75 Å². The fourth-order valence-electron chi connectivity index (χ4n) is 2.18. The van der Waals surface area contributed by atoms with Crippen molar-refractivity contribution in [3.8, 4) is 5.75 Å². The highest BCUT2D eigenvalue weighted by Crippen LogP contribution is 2.16. The van der Waals surface area contributed by atoms with E-state index in [1.165, 1.54) is 44.4 Å². The first-order valence-corrected chi connectivity index (χ1v) is 9.56. The zero-order chi connectivity index (χ0) is 19.3. The summed E-state index contributed by atoms with van der Waals surface area (Å²) in [7, 11) is -1.91. The van der Waals surface area contributed by atoms with E-state index in [9.17, 15) is 18.0 Å². The Bertz CT molecular complexity index is 906. The zero-order valence-electron chi connectivity index (χ0n) is 14.6. The van der Waals surface area contributed by atoms with Crippen LogP contribution in [0.1, 0.15) is 27.6 Å². The number of carbonyl (C=O) groups is 2. The number of benzene rings is 2. The Morgan fingerprint density at radius 2 is 1.69 bits per heavy atom. The third kappa shape index (κ3) is 5.32. The van der Waals surface area contributed by atoms with Crippen molar-refractivity contribution in [3.05, 3.63) is 59.7 Å². The molecule has 0 aromatic heterocycles. The molecule has 0 aliphatic rings. The summed E-state index contributed by atoms with van der Waals surface area (Å²) in [5.41, 5.74) is 0.914. The predicted octanol–water partition coefficient (Wildman–Crippen LogP) is 2.49. The first-order chi connectivity index (χ1) is 12.2. The summed E-state index contributed by atoms with van der Waals surface area (Å²) >= 11 is 0. The summed E-state index contributed by atoms with van der Waals surface area (Å²) in [6.45, 7) is 1.48. The smallest absolute Gasteiger partial charge is 0.338 e. The molecule has 0 radical (unpaired) electrons. The van der Waals surface area contributed by atoms with Crippen LogP contribution in [0.25, 0.3) is 0 Å². The van der Waals surface area contributed by atoms with Crippen molar-refractivity contribution >= 4 is 27.5 Å². The molecule has 1 atom stereocenters. The first kappa shape index (κ1) is 19.5. The number of methoxy groups -OCH3 is 1. The maximum atomic E-state index is 12.4. The van der Waals surface area contributed by atoms with Gasteiger partial charge in [0.25, 0.3) is 0 Å². The SMILES string of the molecule is COc1cccc(C(=O)O[C@@H](C)C(=O)c2ccc(NS(C)(=O)=O)cc2)c1. The number of carbonyl (C=O) groups excluding carboxylic acids is 2. The lowest BCUT2D eigenvalue weighted by atomic mass is 10.1. The zero-order valence-corrected chi connectivity index (χ0v) is 15.4. The molecule has 0 amide bonds. The van der Waals surface area contributed by atoms with Crippen LogP contribution in [0.15, 0.2) is 48.5 Å². The number of nitrogens with one attached hydrogen (secondary N) is 1. The van der Waals surface area contributed by atoms with Gasteiger partial charge in [0, 0.05) is 11.3 Å². The second-order valence-electron chi connectivity index (χ2n) is 5.60. The van der Waals surface area contributed by atoms with Gasteiger partial charge in [-0.2, -0.15) is 0 Å². The summed E-state index contributed by atoms with van der Waals surface area (Å²) < 4.78 is 34.9. The number of esters is 1. The number of hydrogen-bond acceptors (Lipinski definition) is 6. The lowest BCUT2D eigenvalue weighted by molar-refractivity contribution is 0.0318. The van der Waals surface area contributed by atoms with Gasteiger partial charge in [0.15, 0.2) is 6.10 Å². The second-order valence-corrected chi connectivity index (χ2v) is 7.34. The minimum absolute atomic E-state index is 0.275. The molecule has 7 nitrogen and oxygen atoms in total. The molecule has 0 saturated carbocycles. The Morgan fingerprint density at radius 1 is 1.04 bits per heavy atom. The number of hydrogen-bond donors (Lipinski definition) is 1. The molecule has 0 spiro atoms. The second kappa shape index (κ2) is 8.01. The fraction of sp³-hybridized carbons (Fsp3) is 0.222. The average molecular weight is 377 g/mol. The van der Waals surface area contributed by atoms with Crippen molar-refractivity contribution in [1.82, 2.24) is 0 Å². The normalized spacial score (nSPS) is 12.1. The molecule has 0 aliphatic heterocycles. The van der Waals surface area contributed by atoms with Crippen LogP contribution in [0, 0.1) is 0 Å². The van der Waals surface area contributed by atoms with E-state index in [0.29, 0.717) is 17.0 Å².